The molecule has 3 aromatic rings. The highest BCUT2D eigenvalue weighted by Gasteiger charge is 2.30. The second kappa shape index (κ2) is 7.53. The number of ether oxygens (including phenoxy) is 1. The van der Waals surface area contributed by atoms with Crippen molar-refractivity contribution in [2.75, 3.05) is 17.7 Å². The molecule has 0 spiro atoms. The number of hydrogen-bond acceptors (Lipinski definition) is 5. The van der Waals surface area contributed by atoms with Crippen LogP contribution in [-0.2, 0) is 6.18 Å². The van der Waals surface area contributed by atoms with Crippen LogP contribution >= 0.6 is 0 Å². The Labute approximate surface area is 154 Å². The van der Waals surface area contributed by atoms with Crippen molar-refractivity contribution in [3.63, 3.8) is 0 Å². The van der Waals surface area contributed by atoms with E-state index in [2.05, 4.69) is 20.6 Å². The molecule has 8 heteroatoms. The van der Waals surface area contributed by atoms with Crippen LogP contribution in [0.2, 0.25) is 0 Å². The number of nitrogens with one attached hydrogen (secondary N) is 2. The van der Waals surface area contributed by atoms with E-state index >= 15 is 0 Å². The Morgan fingerprint density at radius 1 is 0.889 bits per heavy atom. The average molecular weight is 374 g/mol. The van der Waals surface area contributed by atoms with Gasteiger partial charge in [0.2, 0.25) is 5.95 Å². The van der Waals surface area contributed by atoms with E-state index < -0.39 is 11.7 Å². The summed E-state index contributed by atoms with van der Waals surface area (Å²) in [5.41, 5.74) is 0.969. The molecule has 0 saturated heterocycles. The number of aromatic nitrogens is 2. The lowest BCUT2D eigenvalue weighted by Gasteiger charge is -2.12. The molecule has 1 aromatic heterocycles. The fraction of sp³-hybridized carbons (Fsp3) is 0.158. The van der Waals surface area contributed by atoms with Gasteiger partial charge in [-0.25, -0.2) is 4.98 Å². The van der Waals surface area contributed by atoms with Crippen LogP contribution in [0.3, 0.4) is 0 Å². The van der Waals surface area contributed by atoms with Gasteiger partial charge in [-0.15, -0.1) is 0 Å². The number of rotatable bonds is 5. The summed E-state index contributed by atoms with van der Waals surface area (Å²) >= 11 is 0. The van der Waals surface area contributed by atoms with Gasteiger partial charge in [0.05, 0.1) is 12.7 Å². The van der Waals surface area contributed by atoms with Crippen LogP contribution in [0.15, 0.2) is 54.6 Å². The Morgan fingerprint density at radius 2 is 1.63 bits per heavy atom. The van der Waals surface area contributed by atoms with Crippen molar-refractivity contribution in [2.45, 2.75) is 13.1 Å². The fourth-order valence-corrected chi connectivity index (χ4v) is 2.41. The maximum atomic E-state index is 12.9. The van der Waals surface area contributed by atoms with Crippen LogP contribution in [0.25, 0.3) is 0 Å². The van der Waals surface area contributed by atoms with E-state index in [9.17, 15) is 13.2 Å². The van der Waals surface area contributed by atoms with E-state index in [0.717, 1.165) is 23.6 Å². The van der Waals surface area contributed by atoms with Gasteiger partial charge in [0, 0.05) is 23.1 Å². The van der Waals surface area contributed by atoms with Crippen molar-refractivity contribution in [1.82, 2.24) is 9.97 Å². The van der Waals surface area contributed by atoms with Crippen LogP contribution in [0.4, 0.5) is 36.3 Å². The highest BCUT2D eigenvalue weighted by atomic mass is 19.4. The summed E-state index contributed by atoms with van der Waals surface area (Å²) in [7, 11) is 1.59. The number of nitrogens with zero attached hydrogens (tertiary/aromatic N) is 2. The molecule has 27 heavy (non-hydrogen) atoms. The second-order valence-electron chi connectivity index (χ2n) is 5.78. The summed E-state index contributed by atoms with van der Waals surface area (Å²) < 4.78 is 43.7. The summed E-state index contributed by atoms with van der Waals surface area (Å²) in [6, 6.07) is 13.9. The first-order valence-corrected chi connectivity index (χ1v) is 8.04. The molecule has 0 aliphatic carbocycles. The maximum Gasteiger partial charge on any atom is 0.416 e. The number of aryl methyl sites for hydroxylation is 1. The molecule has 0 bridgehead atoms. The molecule has 2 N–H and O–H groups in total. The topological polar surface area (TPSA) is 59.1 Å². The highest BCUT2D eigenvalue weighted by molar-refractivity contribution is 5.61. The van der Waals surface area contributed by atoms with E-state index in [1.54, 1.807) is 32.2 Å². The average Bonchev–Trinajstić information content (AvgIpc) is 2.61. The van der Waals surface area contributed by atoms with Gasteiger partial charge < -0.3 is 15.4 Å². The van der Waals surface area contributed by atoms with Crippen molar-refractivity contribution in [2.24, 2.45) is 0 Å². The van der Waals surface area contributed by atoms with Crippen molar-refractivity contribution in [3.05, 3.63) is 65.9 Å². The lowest BCUT2D eigenvalue weighted by molar-refractivity contribution is -0.137. The zero-order chi connectivity index (χ0) is 19.4. The third kappa shape index (κ3) is 4.87. The van der Waals surface area contributed by atoms with Gasteiger partial charge in [-0.05, 0) is 49.4 Å². The van der Waals surface area contributed by atoms with Crippen molar-refractivity contribution >= 4 is 23.1 Å². The predicted molar refractivity (Wildman–Crippen MR) is 97.8 cm³/mol. The van der Waals surface area contributed by atoms with Gasteiger partial charge in [-0.1, -0.05) is 6.07 Å². The predicted octanol–water partition coefficient (Wildman–Crippen LogP) is 5.30. The van der Waals surface area contributed by atoms with E-state index in [1.807, 2.05) is 12.1 Å². The lowest BCUT2D eigenvalue weighted by atomic mass is 10.2. The van der Waals surface area contributed by atoms with E-state index in [-0.39, 0.29) is 11.6 Å². The normalized spacial score (nSPS) is 11.1. The molecule has 1 heterocycles. The first-order chi connectivity index (χ1) is 12.8. The van der Waals surface area contributed by atoms with Crippen LogP contribution < -0.4 is 15.4 Å². The Balaban J connectivity index is 1.81. The molecule has 140 valence electrons. The molecule has 0 radical (unpaired) electrons. The van der Waals surface area contributed by atoms with Crippen LogP contribution in [0.1, 0.15) is 11.3 Å². The number of hydrogen-bond donors (Lipinski definition) is 2. The van der Waals surface area contributed by atoms with Crippen LogP contribution in [0, 0.1) is 6.92 Å². The summed E-state index contributed by atoms with van der Waals surface area (Å²) in [5, 5.41) is 5.95. The first-order valence-electron chi connectivity index (χ1n) is 8.04. The Hall–Kier alpha value is -3.29. The summed E-state index contributed by atoms with van der Waals surface area (Å²) in [4.78, 5) is 8.54. The number of alkyl halides is 3. The molecule has 2 aromatic carbocycles. The van der Waals surface area contributed by atoms with Gasteiger partial charge in [-0.3, -0.25) is 0 Å². The Morgan fingerprint density at radius 3 is 2.30 bits per heavy atom. The lowest BCUT2D eigenvalue weighted by Crippen LogP contribution is -2.06. The molecule has 3 rings (SSSR count). The number of halogens is 3. The van der Waals surface area contributed by atoms with Gasteiger partial charge in [0.1, 0.15) is 11.6 Å². The summed E-state index contributed by atoms with van der Waals surface area (Å²) in [5.74, 6) is 1.44. The van der Waals surface area contributed by atoms with E-state index in [0.29, 0.717) is 11.5 Å². The van der Waals surface area contributed by atoms with Gasteiger partial charge in [-0.2, -0.15) is 18.2 Å². The number of benzene rings is 2. The molecular formula is C19H17F3N4O. The number of methoxy groups -OCH3 is 1. The van der Waals surface area contributed by atoms with Crippen molar-refractivity contribution in [1.29, 1.82) is 0 Å². The molecule has 0 saturated carbocycles. The first kappa shape index (κ1) is 18.5. The Kier molecular flexibility index (Phi) is 5.16. The zero-order valence-corrected chi connectivity index (χ0v) is 14.6. The third-order valence-corrected chi connectivity index (χ3v) is 3.66. The van der Waals surface area contributed by atoms with Crippen LogP contribution in [-0.4, -0.2) is 17.1 Å². The van der Waals surface area contributed by atoms with Crippen LogP contribution in [0.5, 0.6) is 5.75 Å². The fourth-order valence-electron chi connectivity index (χ4n) is 2.41. The molecule has 0 fully saturated rings. The SMILES string of the molecule is COc1ccc(Nc2cc(C)nc(Nc3cccc(C(F)(F)F)c3)n2)cc1. The van der Waals surface area contributed by atoms with Gasteiger partial charge in [0.15, 0.2) is 0 Å². The van der Waals surface area contributed by atoms with E-state index in [1.165, 1.54) is 12.1 Å². The Bertz CT molecular complexity index is 927. The summed E-state index contributed by atoms with van der Waals surface area (Å²) in [6.45, 7) is 1.78. The molecular weight excluding hydrogens is 357 g/mol. The second-order valence-corrected chi connectivity index (χ2v) is 5.78. The van der Waals surface area contributed by atoms with Crippen molar-refractivity contribution < 1.29 is 17.9 Å². The molecule has 0 unspecified atom stereocenters. The van der Waals surface area contributed by atoms with Gasteiger partial charge in [0.25, 0.3) is 0 Å². The molecule has 0 aliphatic heterocycles. The smallest absolute Gasteiger partial charge is 0.416 e. The molecule has 0 atom stereocenters. The largest absolute Gasteiger partial charge is 0.497 e. The number of anilines is 4. The minimum atomic E-state index is -4.41. The molecule has 5 nitrogen and oxygen atoms in total. The van der Waals surface area contributed by atoms with Gasteiger partial charge >= 0.3 is 6.18 Å². The standard InChI is InChI=1S/C19H17F3N4O/c1-12-10-17(24-14-6-8-16(27-2)9-7-14)26-18(23-12)25-15-5-3-4-13(11-15)19(20,21)22/h3-11H,1-2H3,(H2,23,24,25,26). The quantitative estimate of drug-likeness (QED) is 0.635. The molecule has 0 aliphatic rings. The minimum Gasteiger partial charge on any atom is -0.497 e. The molecule has 0 amide bonds. The zero-order valence-electron chi connectivity index (χ0n) is 14.6. The highest BCUT2D eigenvalue weighted by Crippen LogP contribution is 2.31. The van der Waals surface area contributed by atoms with Crippen molar-refractivity contribution in [3.8, 4) is 5.75 Å². The minimum absolute atomic E-state index is 0.199. The third-order valence-electron chi connectivity index (χ3n) is 3.66. The van der Waals surface area contributed by atoms with E-state index in [4.69, 9.17) is 4.74 Å². The summed E-state index contributed by atoms with van der Waals surface area (Å²) in [6.07, 6.45) is -4.41. The monoisotopic (exact) mass is 374 g/mol. The maximum absolute atomic E-state index is 12.9.